The first-order valence-corrected chi connectivity index (χ1v) is 31.2. The second-order valence-electron chi connectivity index (χ2n) is 23.7. The number of aliphatic carboxylic acids is 1. The summed E-state index contributed by atoms with van der Waals surface area (Å²) in [4.78, 5) is 43.2. The third-order valence-corrected chi connectivity index (χ3v) is 19.7. The number of benzene rings is 2. The Morgan fingerprint density at radius 2 is 1.07 bits per heavy atom. The van der Waals surface area contributed by atoms with E-state index < -0.39 is 30.1 Å². The van der Waals surface area contributed by atoms with Crippen molar-refractivity contribution in [3.8, 4) is 34.7 Å². The lowest BCUT2D eigenvalue weighted by molar-refractivity contribution is -0.174. The largest absolute Gasteiger partial charge is 0.479 e. The number of nitrogens with zero attached hydrogens (tertiary/aromatic N) is 13. The fourth-order valence-corrected chi connectivity index (χ4v) is 14.3. The Labute approximate surface area is 530 Å². The molecule has 2 spiro atoms. The second-order valence-corrected chi connectivity index (χ2v) is 25.7. The molecule has 0 bridgehead atoms. The van der Waals surface area contributed by atoms with Crippen LogP contribution in [-0.2, 0) is 31.9 Å². The fraction of sp³-hybridized carbons (Fsp3) is 0.429. The van der Waals surface area contributed by atoms with Crippen LogP contribution in [0.3, 0.4) is 0 Å². The molecule has 0 aliphatic carbocycles. The van der Waals surface area contributed by atoms with Crippen molar-refractivity contribution in [2.45, 2.75) is 63.6 Å². The SMILES string of the molecule is CCc1nn2cc(F)c(N3CC4(CN(C(=O)C5(O)CCOCC5)C4)C3)cc2c1N(C)c1nc(-c2ccc(F)cc2)c(C#N)s1.CCc1nn2cc(F)c(N3CC4(CNC4)C3)cc2c1N(C)c1nc(-c2ccc(F)cc2)c(C#N)s1.O=C(O)C1(O)CCOCC1.[2H]CF. The lowest BCUT2D eigenvalue weighted by Gasteiger charge is -2.61. The maximum absolute atomic E-state index is 15.5. The Morgan fingerprint density at radius 3 is 1.42 bits per heavy atom. The van der Waals surface area contributed by atoms with Crippen LogP contribution < -0.4 is 24.9 Å². The smallest absolute Gasteiger partial charge is 0.335 e. The standard InChI is InChI=1S/C31H31F2N7O3S.C25H23F2N7S.C6H10O4.CH3F/c1-3-22-27(37(2)29-35-26(25(13-34)44-29)19-4-6-20(32)7-5-19)24-12-23(21(33)14-40(24)36-22)38-15-30(16-38)17-39(18-30)28(41)31(42)8-10-43-11-9-31;1-3-18-23(32(2)24-30-22(21(9-28)35-24)15-4-6-16(26)7-5-15)20-8-19(17(27)10-34(20)31-18)33-13-25(14-33)11-29-12-25;7-5(8)6(9)1-3-10-4-2-6;1-2/h4-7,12,14,42H,3,8-11,15-18H2,1-2H3;4-8,10,29H,3,11-14H2,1-2H3;9H,1-4H2,(H,7,8);1H3/i;;;1D. The number of hydrogen-bond donors (Lipinski definition) is 4. The predicted octanol–water partition coefficient (Wildman–Crippen LogP) is 8.67. The first kappa shape index (κ1) is 62.8. The Hall–Kier alpha value is -8.35. The molecule has 0 atom stereocenters. The number of carboxylic acid groups (broad SMARTS) is 1. The van der Waals surface area contributed by atoms with Crippen molar-refractivity contribution < 1.29 is 57.7 Å². The van der Waals surface area contributed by atoms with E-state index in [1.54, 1.807) is 39.7 Å². The van der Waals surface area contributed by atoms with E-state index >= 15 is 8.78 Å². The molecule has 14 rings (SSSR count). The number of nitrogens with one attached hydrogen (secondary N) is 1. The van der Waals surface area contributed by atoms with Crippen LogP contribution >= 0.6 is 22.7 Å². The van der Waals surface area contributed by atoms with Gasteiger partial charge < -0.3 is 54.6 Å². The van der Waals surface area contributed by atoms with Crippen LogP contribution in [0.25, 0.3) is 33.5 Å². The van der Waals surface area contributed by atoms with Crippen molar-refractivity contribution >= 4 is 78.6 Å². The molecular weight excluding hydrogens is 1220 g/mol. The van der Waals surface area contributed by atoms with Crippen LogP contribution in [-0.4, -0.2) is 173 Å². The van der Waals surface area contributed by atoms with Crippen molar-refractivity contribution in [1.29, 1.82) is 10.5 Å². The number of amides is 1. The number of aromatic nitrogens is 6. The third-order valence-electron chi connectivity index (χ3n) is 17.6. The van der Waals surface area contributed by atoms with Gasteiger partial charge in [-0.05, 0) is 73.5 Å². The average Bonchev–Trinajstić information content (AvgIpc) is 0.761. The van der Waals surface area contributed by atoms with Crippen LogP contribution in [0, 0.1) is 56.8 Å². The van der Waals surface area contributed by atoms with Crippen molar-refractivity contribution in [2.24, 2.45) is 10.8 Å². The zero-order chi connectivity index (χ0) is 65.4. The van der Waals surface area contributed by atoms with Gasteiger partial charge in [0, 0.05) is 141 Å². The molecule has 6 saturated heterocycles. The summed E-state index contributed by atoms with van der Waals surface area (Å²) in [5.74, 6) is -2.78. The lowest BCUT2D eigenvalue weighted by Crippen LogP contribution is -2.75. The first-order valence-electron chi connectivity index (χ1n) is 30.2. The zero-order valence-electron chi connectivity index (χ0n) is 51.4. The topological polar surface area (TPSA) is 249 Å². The van der Waals surface area contributed by atoms with E-state index in [0.717, 1.165) is 54.5 Å². The number of halogens is 5. The summed E-state index contributed by atoms with van der Waals surface area (Å²) in [5.41, 5.74) is 5.26. The predicted molar refractivity (Wildman–Crippen MR) is 333 cm³/mol. The third kappa shape index (κ3) is 12.2. The molecule has 28 heteroatoms. The number of alkyl halides is 1. The van der Waals surface area contributed by atoms with Crippen LogP contribution in [0.5, 0.6) is 0 Å². The summed E-state index contributed by atoms with van der Waals surface area (Å²) in [6.07, 6.45) is 5.08. The van der Waals surface area contributed by atoms with E-state index in [9.17, 15) is 43.5 Å². The Kier molecular flexibility index (Phi) is 17.8. The molecule has 6 aliphatic rings. The maximum atomic E-state index is 15.5. The highest BCUT2D eigenvalue weighted by molar-refractivity contribution is 7.17. The monoisotopic (exact) mass is 1290 g/mol. The normalized spacial score (nSPS) is 18.1. The second kappa shape index (κ2) is 25.7. The summed E-state index contributed by atoms with van der Waals surface area (Å²) in [6, 6.07) is 19.9. The van der Waals surface area contributed by atoms with Gasteiger partial charge in [-0.2, -0.15) is 20.7 Å². The van der Waals surface area contributed by atoms with E-state index in [-0.39, 0.29) is 47.0 Å². The Bertz CT molecular complexity index is 4120. The van der Waals surface area contributed by atoms with Gasteiger partial charge in [-0.15, -0.1) is 0 Å². The number of nitriles is 2. The van der Waals surface area contributed by atoms with Gasteiger partial charge >= 0.3 is 5.97 Å². The maximum Gasteiger partial charge on any atom is 0.335 e. The highest BCUT2D eigenvalue weighted by Crippen LogP contribution is 2.47. The molecule has 21 nitrogen and oxygen atoms in total. The number of likely N-dealkylation sites (tertiary alicyclic amines) is 1. The number of carbonyl (C=O) groups is 2. The van der Waals surface area contributed by atoms with E-state index in [1.807, 2.05) is 48.7 Å². The average molecular weight is 1290 g/mol. The number of carboxylic acids is 1. The number of ether oxygens (including phenoxy) is 2. The molecule has 6 aliphatic heterocycles. The van der Waals surface area contributed by atoms with E-state index in [0.29, 0.717) is 138 Å². The van der Waals surface area contributed by atoms with Crippen LogP contribution in [0.15, 0.2) is 73.1 Å². The van der Waals surface area contributed by atoms with Gasteiger partial charge in [0.2, 0.25) is 0 Å². The number of hydrogen-bond acceptors (Lipinski definition) is 19. The van der Waals surface area contributed by atoms with Crippen LogP contribution in [0.2, 0.25) is 0 Å². The van der Waals surface area contributed by atoms with Gasteiger partial charge in [0.25, 0.3) is 5.91 Å². The molecular formula is C63H67F5N14O7S2. The number of aliphatic hydroxyl groups is 2. The molecule has 91 heavy (non-hydrogen) atoms. The number of aryl methyl sites for hydroxylation is 2. The lowest BCUT2D eigenvalue weighted by atomic mass is 9.71. The number of anilines is 6. The van der Waals surface area contributed by atoms with E-state index in [4.69, 9.17) is 25.9 Å². The molecule has 478 valence electrons. The zero-order valence-corrected chi connectivity index (χ0v) is 52.0. The minimum atomic E-state index is -1.53. The molecule has 12 heterocycles. The first-order chi connectivity index (χ1) is 44.1. The van der Waals surface area contributed by atoms with Crippen molar-refractivity contribution in [2.75, 3.05) is 120 Å². The summed E-state index contributed by atoms with van der Waals surface area (Å²) in [5, 5.41) is 61.9. The van der Waals surface area contributed by atoms with Gasteiger partial charge in [-0.25, -0.2) is 41.4 Å². The van der Waals surface area contributed by atoms with E-state index in [1.165, 1.54) is 63.8 Å². The van der Waals surface area contributed by atoms with Gasteiger partial charge in [0.1, 0.15) is 50.5 Å². The summed E-state index contributed by atoms with van der Waals surface area (Å²) >= 11 is 2.49. The molecule has 0 radical (unpaired) electrons. The van der Waals surface area contributed by atoms with E-state index in [2.05, 4.69) is 32.6 Å². The number of pyridine rings is 2. The van der Waals surface area contributed by atoms with Crippen LogP contribution in [0.4, 0.5) is 55.0 Å². The molecule has 4 N–H and O–H groups in total. The van der Waals surface area contributed by atoms with Crippen molar-refractivity contribution in [3.63, 3.8) is 0 Å². The fourth-order valence-electron chi connectivity index (χ4n) is 12.5. The number of fused-ring (bicyclic) bond motifs is 2. The van der Waals surface area contributed by atoms with Gasteiger partial charge in [0.05, 0.1) is 66.1 Å². The molecule has 8 aromatic rings. The van der Waals surface area contributed by atoms with Gasteiger partial charge in [-0.3, -0.25) is 9.18 Å². The number of thiazole rings is 2. The summed E-state index contributed by atoms with van der Waals surface area (Å²) in [7, 11) is 2.73. The number of carbonyl (C=O) groups excluding carboxylic acids is 1. The molecule has 1 amide bonds. The summed E-state index contributed by atoms with van der Waals surface area (Å²) < 4.78 is 86.3. The van der Waals surface area contributed by atoms with Crippen molar-refractivity contribution in [3.05, 3.63) is 117 Å². The molecule has 6 aromatic heterocycles. The summed E-state index contributed by atoms with van der Waals surface area (Å²) in [6.45, 7) is 11.3. The van der Waals surface area contributed by atoms with Gasteiger partial charge in [-0.1, -0.05) is 36.5 Å². The van der Waals surface area contributed by atoms with Crippen molar-refractivity contribution in [1.82, 2.24) is 39.4 Å². The quantitative estimate of drug-likeness (QED) is 0.0835. The van der Waals surface area contributed by atoms with Gasteiger partial charge in [0.15, 0.2) is 27.5 Å². The Balaban J connectivity index is 0.000000160. The highest BCUT2D eigenvalue weighted by atomic mass is 32.1. The Morgan fingerprint density at radius 1 is 0.670 bits per heavy atom. The molecule has 2 aromatic carbocycles. The molecule has 0 unspecified atom stereocenters. The minimum Gasteiger partial charge on any atom is -0.479 e. The molecule has 0 saturated carbocycles. The molecule has 6 fully saturated rings. The van der Waals surface area contributed by atoms with Crippen LogP contribution in [0.1, 0.15) is 62.0 Å². The number of rotatable bonds is 12. The minimum absolute atomic E-state index is 0.116. The highest BCUT2D eigenvalue weighted by Gasteiger charge is 2.56.